The summed E-state index contributed by atoms with van der Waals surface area (Å²) in [6, 6.07) is 10.7. The van der Waals surface area contributed by atoms with Crippen LogP contribution in [0.15, 0.2) is 51.7 Å². The van der Waals surface area contributed by atoms with Gasteiger partial charge in [0.25, 0.3) is 0 Å². The molecule has 2 heterocycles. The fraction of sp³-hybridized carbons (Fsp3) is 0.435. The highest BCUT2D eigenvalue weighted by molar-refractivity contribution is 5.73. The van der Waals surface area contributed by atoms with Crippen LogP contribution in [0, 0.1) is 5.92 Å². The van der Waals surface area contributed by atoms with Crippen LogP contribution in [0.1, 0.15) is 24.2 Å². The van der Waals surface area contributed by atoms with Crippen LogP contribution in [0.5, 0.6) is 0 Å². The van der Waals surface area contributed by atoms with Crippen molar-refractivity contribution in [2.45, 2.75) is 19.2 Å². The Morgan fingerprint density at radius 3 is 2.50 bits per heavy atom. The summed E-state index contributed by atoms with van der Waals surface area (Å²) < 4.78 is 45.6. The first-order valence-electron chi connectivity index (χ1n) is 10.6. The van der Waals surface area contributed by atoms with Crippen molar-refractivity contribution in [1.82, 2.24) is 9.47 Å². The van der Waals surface area contributed by atoms with Crippen LogP contribution in [0.3, 0.4) is 0 Å². The van der Waals surface area contributed by atoms with E-state index in [-0.39, 0.29) is 5.92 Å². The number of aromatic nitrogens is 1. The number of aryl methyl sites for hydroxylation is 1. The van der Waals surface area contributed by atoms with Gasteiger partial charge in [0.1, 0.15) is 0 Å². The van der Waals surface area contributed by atoms with Crippen molar-refractivity contribution < 1.29 is 22.7 Å². The van der Waals surface area contributed by atoms with Gasteiger partial charge in [-0.2, -0.15) is 13.2 Å². The van der Waals surface area contributed by atoms with Gasteiger partial charge in [-0.1, -0.05) is 19.1 Å². The first-order valence-corrected chi connectivity index (χ1v) is 10.6. The minimum Gasteiger partial charge on any atom is -0.408 e. The van der Waals surface area contributed by atoms with E-state index >= 15 is 0 Å². The minimum absolute atomic E-state index is 0.0806. The number of rotatable bonds is 5. The molecule has 1 aromatic heterocycles. The van der Waals surface area contributed by atoms with E-state index in [2.05, 4.69) is 4.90 Å². The summed E-state index contributed by atoms with van der Waals surface area (Å²) in [5, 5.41) is 10.8. The number of aliphatic hydroxyl groups excluding tert-OH is 1. The molecular formula is C23H26F3N3O3. The van der Waals surface area contributed by atoms with E-state index in [1.807, 2.05) is 11.8 Å². The number of hydrogen-bond donors (Lipinski definition) is 1. The molecule has 9 heteroatoms. The zero-order chi connectivity index (χ0) is 23.0. The highest BCUT2D eigenvalue weighted by Gasteiger charge is 2.31. The molecule has 1 aliphatic heterocycles. The molecule has 2 aromatic carbocycles. The van der Waals surface area contributed by atoms with Crippen molar-refractivity contribution in [3.63, 3.8) is 0 Å². The zero-order valence-corrected chi connectivity index (χ0v) is 18.0. The lowest BCUT2D eigenvalue weighted by molar-refractivity contribution is -0.137. The molecule has 0 radical (unpaired) electrons. The van der Waals surface area contributed by atoms with Crippen LogP contribution < -0.4 is 10.7 Å². The molecule has 3 aromatic rings. The number of anilines is 1. The van der Waals surface area contributed by atoms with E-state index in [1.165, 1.54) is 16.7 Å². The maximum atomic E-state index is 13.0. The van der Waals surface area contributed by atoms with E-state index in [0.29, 0.717) is 55.1 Å². The molecule has 2 atom stereocenters. The second kappa shape index (κ2) is 8.63. The molecular weight excluding hydrogens is 423 g/mol. The summed E-state index contributed by atoms with van der Waals surface area (Å²) in [5.41, 5.74) is 1.73. The average Bonchev–Trinajstić information content (AvgIpc) is 3.06. The summed E-state index contributed by atoms with van der Waals surface area (Å²) in [7, 11) is 1.63. The highest BCUT2D eigenvalue weighted by atomic mass is 19.4. The Hall–Kier alpha value is -2.78. The highest BCUT2D eigenvalue weighted by Crippen LogP contribution is 2.32. The van der Waals surface area contributed by atoms with Crippen LogP contribution in [0.2, 0.25) is 0 Å². The first kappa shape index (κ1) is 22.4. The molecule has 32 heavy (non-hydrogen) atoms. The summed E-state index contributed by atoms with van der Waals surface area (Å²) >= 11 is 0. The molecule has 1 N–H and O–H groups in total. The van der Waals surface area contributed by atoms with Gasteiger partial charge in [0.15, 0.2) is 5.58 Å². The number of fused-ring (bicyclic) bond motifs is 1. The van der Waals surface area contributed by atoms with Crippen molar-refractivity contribution in [2.75, 3.05) is 37.6 Å². The number of hydrogen-bond acceptors (Lipinski definition) is 5. The molecule has 6 nitrogen and oxygen atoms in total. The summed E-state index contributed by atoms with van der Waals surface area (Å²) in [5.74, 6) is -0.527. The lowest BCUT2D eigenvalue weighted by atomic mass is 9.96. The van der Waals surface area contributed by atoms with E-state index in [0.717, 1.165) is 6.07 Å². The van der Waals surface area contributed by atoms with E-state index in [4.69, 9.17) is 4.42 Å². The smallest absolute Gasteiger partial charge is 0.408 e. The van der Waals surface area contributed by atoms with Crippen molar-refractivity contribution in [3.05, 3.63) is 64.1 Å². The molecule has 0 aliphatic carbocycles. The van der Waals surface area contributed by atoms with E-state index < -0.39 is 23.6 Å². The predicted octanol–water partition coefficient (Wildman–Crippen LogP) is 3.64. The molecule has 1 aliphatic rings. The van der Waals surface area contributed by atoms with Crippen molar-refractivity contribution in [2.24, 2.45) is 13.0 Å². The van der Waals surface area contributed by atoms with E-state index in [1.54, 1.807) is 31.3 Å². The fourth-order valence-corrected chi connectivity index (χ4v) is 4.24. The molecule has 0 spiro atoms. The zero-order valence-electron chi connectivity index (χ0n) is 18.0. The molecule has 0 amide bonds. The van der Waals surface area contributed by atoms with Gasteiger partial charge in [-0.15, -0.1) is 0 Å². The molecule has 2 unspecified atom stereocenters. The number of benzene rings is 2. The maximum Gasteiger partial charge on any atom is 0.419 e. The number of aliphatic hydroxyl groups is 1. The van der Waals surface area contributed by atoms with E-state index in [9.17, 15) is 23.1 Å². The van der Waals surface area contributed by atoms with Crippen LogP contribution in [-0.4, -0.2) is 47.3 Å². The van der Waals surface area contributed by atoms with Crippen LogP contribution in [-0.2, 0) is 13.2 Å². The number of piperazine rings is 1. The van der Waals surface area contributed by atoms with Crippen molar-refractivity contribution >= 4 is 16.8 Å². The van der Waals surface area contributed by atoms with Gasteiger partial charge in [0.2, 0.25) is 0 Å². The van der Waals surface area contributed by atoms with Gasteiger partial charge < -0.3 is 14.4 Å². The number of nitrogens with zero attached hydrogens (tertiary/aromatic N) is 3. The summed E-state index contributed by atoms with van der Waals surface area (Å²) in [6.45, 7) is 5.22. The Labute approximate surface area is 183 Å². The summed E-state index contributed by atoms with van der Waals surface area (Å²) in [4.78, 5) is 15.8. The SMILES string of the molecule is CC(CN1CCN(c2cccc(C(F)(F)F)c2)CC1)C(O)c1ccc2c(c1)oc(=O)n2C. The summed E-state index contributed by atoms with van der Waals surface area (Å²) in [6.07, 6.45) is -5.08. The van der Waals surface area contributed by atoms with Gasteiger partial charge in [-0.3, -0.25) is 9.47 Å². The maximum absolute atomic E-state index is 13.0. The van der Waals surface area contributed by atoms with Gasteiger partial charge in [0.05, 0.1) is 17.2 Å². The number of alkyl halides is 3. The minimum atomic E-state index is -4.35. The monoisotopic (exact) mass is 449 g/mol. The van der Waals surface area contributed by atoms with Crippen LogP contribution >= 0.6 is 0 Å². The third-order valence-electron chi connectivity index (χ3n) is 6.15. The molecule has 4 rings (SSSR count). The fourth-order valence-electron chi connectivity index (χ4n) is 4.24. The molecule has 172 valence electrons. The Balaban J connectivity index is 1.36. The third kappa shape index (κ3) is 4.54. The second-order valence-corrected chi connectivity index (χ2v) is 8.41. The Morgan fingerprint density at radius 1 is 1.09 bits per heavy atom. The van der Waals surface area contributed by atoms with Gasteiger partial charge in [-0.25, -0.2) is 4.79 Å². The normalized spacial score (nSPS) is 17.6. The standard InChI is InChI=1S/C23H26F3N3O3/c1-15(21(30)16-6-7-19-20(12-16)32-22(31)27(19)2)14-28-8-10-29(11-9-28)18-5-3-4-17(13-18)23(24,25)26/h3-7,12-13,15,21,30H,8-11,14H2,1-2H3. The van der Waals surface area contributed by atoms with Crippen molar-refractivity contribution in [3.8, 4) is 0 Å². The van der Waals surface area contributed by atoms with Gasteiger partial charge in [-0.05, 0) is 41.8 Å². The quantitative estimate of drug-likeness (QED) is 0.645. The lowest BCUT2D eigenvalue weighted by Crippen LogP contribution is -2.48. The Bertz CT molecular complexity index is 1150. The number of halogens is 3. The topological polar surface area (TPSA) is 61.9 Å². The molecule has 1 fully saturated rings. The number of oxazole rings is 1. The molecule has 0 saturated carbocycles. The van der Waals surface area contributed by atoms with Crippen molar-refractivity contribution in [1.29, 1.82) is 0 Å². The third-order valence-corrected chi connectivity index (χ3v) is 6.15. The van der Waals surface area contributed by atoms with Gasteiger partial charge in [0, 0.05) is 45.5 Å². The van der Waals surface area contributed by atoms with Crippen LogP contribution in [0.25, 0.3) is 11.1 Å². The molecule has 1 saturated heterocycles. The lowest BCUT2D eigenvalue weighted by Gasteiger charge is -2.38. The average molecular weight is 449 g/mol. The Kier molecular flexibility index (Phi) is 6.05. The molecule has 0 bridgehead atoms. The van der Waals surface area contributed by atoms with Gasteiger partial charge >= 0.3 is 11.9 Å². The predicted molar refractivity (Wildman–Crippen MR) is 116 cm³/mol. The second-order valence-electron chi connectivity index (χ2n) is 8.41. The largest absolute Gasteiger partial charge is 0.419 e. The first-order chi connectivity index (χ1) is 15.1. The van der Waals surface area contributed by atoms with Crippen LogP contribution in [0.4, 0.5) is 18.9 Å². The Morgan fingerprint density at radius 2 is 1.81 bits per heavy atom.